The van der Waals surface area contributed by atoms with E-state index in [-0.39, 0.29) is 30.0 Å². The Bertz CT molecular complexity index is 346. The van der Waals surface area contributed by atoms with Crippen molar-refractivity contribution in [3.63, 3.8) is 0 Å². The molecule has 1 rings (SSSR count). The Kier molecular flexibility index (Phi) is 5.39. The van der Waals surface area contributed by atoms with Crippen molar-refractivity contribution in [3.8, 4) is 0 Å². The van der Waals surface area contributed by atoms with Crippen LogP contribution in [0.4, 0.5) is 0 Å². The normalized spacial score (nSPS) is 17.6. The lowest BCUT2D eigenvalue weighted by Crippen LogP contribution is -2.35. The zero-order valence-corrected chi connectivity index (χ0v) is 11.4. The molecule has 1 amide bonds. The van der Waals surface area contributed by atoms with Gasteiger partial charge in [-0.3, -0.25) is 9.69 Å². The molecule has 100 valence electrons. The summed E-state index contributed by atoms with van der Waals surface area (Å²) in [4.78, 5) is 13.2. The van der Waals surface area contributed by atoms with Crippen LogP contribution in [0.1, 0.15) is 26.7 Å². The monoisotopic (exact) mass is 262 g/mol. The number of sulfone groups is 1. The molecule has 1 saturated heterocycles. The fraction of sp³-hybridized carbons (Fsp3) is 0.909. The summed E-state index contributed by atoms with van der Waals surface area (Å²) in [5.41, 5.74) is 0. The highest BCUT2D eigenvalue weighted by molar-refractivity contribution is 7.91. The summed E-state index contributed by atoms with van der Waals surface area (Å²) in [6.07, 6.45) is 2.17. The maximum absolute atomic E-state index is 11.7. The number of carbonyl (C=O) groups excluding carboxylic acids is 1. The molecule has 0 aromatic heterocycles. The van der Waals surface area contributed by atoms with E-state index in [9.17, 15) is 13.2 Å². The van der Waals surface area contributed by atoms with Gasteiger partial charge in [0.25, 0.3) is 0 Å². The predicted molar refractivity (Wildman–Crippen MR) is 67.3 cm³/mol. The zero-order chi connectivity index (χ0) is 12.9. The highest BCUT2D eigenvalue weighted by Crippen LogP contribution is 2.08. The van der Waals surface area contributed by atoms with Gasteiger partial charge in [-0.15, -0.1) is 0 Å². The van der Waals surface area contributed by atoms with Crippen molar-refractivity contribution in [3.05, 3.63) is 0 Å². The molecule has 0 aromatic rings. The first-order valence-corrected chi connectivity index (χ1v) is 7.93. The smallest absolute Gasteiger partial charge is 0.222 e. The van der Waals surface area contributed by atoms with Crippen molar-refractivity contribution in [2.24, 2.45) is 5.92 Å². The molecule has 1 heterocycles. The highest BCUT2D eigenvalue weighted by atomic mass is 32.2. The molecule has 6 heteroatoms. The third kappa shape index (κ3) is 5.50. The van der Waals surface area contributed by atoms with E-state index in [2.05, 4.69) is 5.32 Å². The SMILES string of the molecule is CC(C)C(=O)NCCS(=O)(=O)CN1CCCC1. The third-order valence-corrected chi connectivity index (χ3v) is 4.40. The Labute approximate surface area is 103 Å². The molecule has 0 bridgehead atoms. The molecule has 0 spiro atoms. The van der Waals surface area contributed by atoms with Crippen LogP contribution in [-0.4, -0.2) is 50.5 Å². The van der Waals surface area contributed by atoms with Crippen LogP contribution in [0.15, 0.2) is 0 Å². The van der Waals surface area contributed by atoms with Gasteiger partial charge in [-0.2, -0.15) is 0 Å². The highest BCUT2D eigenvalue weighted by Gasteiger charge is 2.19. The van der Waals surface area contributed by atoms with Gasteiger partial charge in [-0.25, -0.2) is 8.42 Å². The van der Waals surface area contributed by atoms with Gasteiger partial charge < -0.3 is 5.32 Å². The zero-order valence-electron chi connectivity index (χ0n) is 10.6. The molecule has 0 atom stereocenters. The first kappa shape index (κ1) is 14.4. The van der Waals surface area contributed by atoms with Crippen LogP contribution in [0, 0.1) is 5.92 Å². The molecular weight excluding hydrogens is 240 g/mol. The lowest BCUT2D eigenvalue weighted by atomic mass is 10.2. The summed E-state index contributed by atoms with van der Waals surface area (Å²) in [6, 6.07) is 0. The van der Waals surface area contributed by atoms with Crippen LogP contribution in [0.3, 0.4) is 0 Å². The number of likely N-dealkylation sites (tertiary alicyclic amines) is 1. The second-order valence-electron chi connectivity index (χ2n) is 4.85. The number of carbonyl (C=O) groups is 1. The van der Waals surface area contributed by atoms with E-state index in [0.717, 1.165) is 25.9 Å². The predicted octanol–water partition coefficient (Wildman–Crippen LogP) is 0.227. The van der Waals surface area contributed by atoms with Gasteiger partial charge in [0, 0.05) is 12.5 Å². The molecule has 0 unspecified atom stereocenters. The van der Waals surface area contributed by atoms with Gasteiger partial charge in [-0.1, -0.05) is 13.8 Å². The topological polar surface area (TPSA) is 66.5 Å². The van der Waals surface area contributed by atoms with Crippen LogP contribution in [0.25, 0.3) is 0 Å². The Balaban J connectivity index is 2.27. The molecule has 17 heavy (non-hydrogen) atoms. The van der Waals surface area contributed by atoms with Crippen molar-refractivity contribution in [1.29, 1.82) is 0 Å². The first-order chi connectivity index (χ1) is 7.91. The maximum atomic E-state index is 11.7. The summed E-state index contributed by atoms with van der Waals surface area (Å²) < 4.78 is 23.5. The molecule has 0 aromatic carbocycles. The van der Waals surface area contributed by atoms with Crippen LogP contribution in [-0.2, 0) is 14.6 Å². The average molecular weight is 262 g/mol. The van der Waals surface area contributed by atoms with Crippen LogP contribution >= 0.6 is 0 Å². The Hall–Kier alpha value is -0.620. The van der Waals surface area contributed by atoms with Gasteiger partial charge in [-0.05, 0) is 25.9 Å². The van der Waals surface area contributed by atoms with Crippen molar-refractivity contribution in [1.82, 2.24) is 10.2 Å². The van der Waals surface area contributed by atoms with E-state index in [1.165, 1.54) is 0 Å². The van der Waals surface area contributed by atoms with Gasteiger partial charge in [0.05, 0.1) is 5.75 Å². The lowest BCUT2D eigenvalue weighted by molar-refractivity contribution is -0.123. The largest absolute Gasteiger partial charge is 0.355 e. The van der Waals surface area contributed by atoms with Gasteiger partial charge in [0.15, 0.2) is 9.84 Å². The molecule has 1 aliphatic heterocycles. The molecule has 5 nitrogen and oxygen atoms in total. The summed E-state index contributed by atoms with van der Waals surface area (Å²) in [5, 5.41) is 2.63. The molecule has 1 aliphatic rings. The number of rotatable bonds is 6. The number of hydrogen-bond donors (Lipinski definition) is 1. The fourth-order valence-corrected chi connectivity index (χ4v) is 3.15. The summed E-state index contributed by atoms with van der Waals surface area (Å²) in [6.45, 7) is 5.53. The van der Waals surface area contributed by atoms with Crippen molar-refractivity contribution < 1.29 is 13.2 Å². The van der Waals surface area contributed by atoms with Gasteiger partial charge in [0.1, 0.15) is 5.88 Å². The Morgan fingerprint density at radius 2 is 1.88 bits per heavy atom. The lowest BCUT2D eigenvalue weighted by Gasteiger charge is -2.15. The van der Waals surface area contributed by atoms with Gasteiger partial charge in [0.2, 0.25) is 5.91 Å². The van der Waals surface area contributed by atoms with Crippen LogP contribution in [0.5, 0.6) is 0 Å². The van der Waals surface area contributed by atoms with E-state index in [0.29, 0.717) is 0 Å². The fourth-order valence-electron chi connectivity index (χ4n) is 1.79. The molecule has 1 N–H and O–H groups in total. The van der Waals surface area contributed by atoms with E-state index < -0.39 is 9.84 Å². The maximum Gasteiger partial charge on any atom is 0.222 e. The third-order valence-electron chi connectivity index (χ3n) is 2.81. The summed E-state index contributed by atoms with van der Waals surface area (Å²) in [7, 11) is -3.08. The van der Waals surface area contributed by atoms with Crippen LogP contribution < -0.4 is 5.32 Å². The molecule has 0 saturated carbocycles. The summed E-state index contributed by atoms with van der Waals surface area (Å²) >= 11 is 0. The number of hydrogen-bond acceptors (Lipinski definition) is 4. The van der Waals surface area contributed by atoms with E-state index in [1.54, 1.807) is 13.8 Å². The number of amides is 1. The van der Waals surface area contributed by atoms with Crippen molar-refractivity contribution in [2.45, 2.75) is 26.7 Å². The minimum Gasteiger partial charge on any atom is -0.355 e. The molecule has 0 aliphatic carbocycles. The molecule has 1 fully saturated rings. The molecular formula is C11H22N2O3S. The van der Waals surface area contributed by atoms with Crippen LogP contribution in [0.2, 0.25) is 0 Å². The van der Waals surface area contributed by atoms with E-state index in [1.807, 2.05) is 4.90 Å². The minimum absolute atomic E-state index is 0.0297. The Morgan fingerprint density at radius 3 is 2.41 bits per heavy atom. The van der Waals surface area contributed by atoms with Crippen molar-refractivity contribution >= 4 is 15.7 Å². The second kappa shape index (κ2) is 6.35. The van der Waals surface area contributed by atoms with E-state index in [4.69, 9.17) is 0 Å². The first-order valence-electron chi connectivity index (χ1n) is 6.11. The Morgan fingerprint density at radius 1 is 1.29 bits per heavy atom. The number of nitrogens with one attached hydrogen (secondary N) is 1. The van der Waals surface area contributed by atoms with Crippen molar-refractivity contribution in [2.75, 3.05) is 31.3 Å². The molecule has 0 radical (unpaired) electrons. The standard InChI is InChI=1S/C11H22N2O3S/c1-10(2)11(14)12-5-8-17(15,16)9-13-6-3-4-7-13/h10H,3-9H2,1-2H3,(H,12,14). The second-order valence-corrected chi connectivity index (χ2v) is 7.00. The minimum atomic E-state index is -3.08. The quantitative estimate of drug-likeness (QED) is 0.744. The van der Waals surface area contributed by atoms with Gasteiger partial charge >= 0.3 is 0 Å². The number of nitrogens with zero attached hydrogens (tertiary/aromatic N) is 1. The summed E-state index contributed by atoms with van der Waals surface area (Å²) in [5.74, 6) is -0.0374. The average Bonchev–Trinajstić information content (AvgIpc) is 2.68. The van der Waals surface area contributed by atoms with E-state index >= 15 is 0 Å².